The first-order valence-corrected chi connectivity index (χ1v) is 5.45. The number of furan rings is 1. The van der Waals surface area contributed by atoms with Gasteiger partial charge in [-0.1, -0.05) is 18.2 Å². The first-order chi connectivity index (χ1) is 6.90. The third-order valence-corrected chi connectivity index (χ3v) is 3.43. The number of para-hydroxylation sites is 1. The van der Waals surface area contributed by atoms with Crippen LogP contribution in [0.15, 0.2) is 34.9 Å². The maximum Gasteiger partial charge on any atom is 0.134 e. The van der Waals surface area contributed by atoms with Crippen LogP contribution in [-0.4, -0.2) is 5.88 Å². The molecule has 0 aliphatic heterocycles. The lowest BCUT2D eigenvalue weighted by Crippen LogP contribution is -1.82. The lowest BCUT2D eigenvalue weighted by Gasteiger charge is -1.93. The number of rotatable bonds is 2. The summed E-state index contributed by atoms with van der Waals surface area (Å²) in [6.07, 6.45) is 3.11. The van der Waals surface area contributed by atoms with E-state index in [4.69, 9.17) is 16.0 Å². The number of hydrogen-bond acceptors (Lipinski definition) is 1. The van der Waals surface area contributed by atoms with Crippen LogP contribution in [0.25, 0.3) is 11.0 Å². The van der Waals surface area contributed by atoms with E-state index >= 15 is 0 Å². The molecule has 1 heterocycles. The smallest absolute Gasteiger partial charge is 0.134 e. The van der Waals surface area contributed by atoms with Crippen molar-refractivity contribution in [3.8, 4) is 0 Å². The zero-order valence-corrected chi connectivity index (χ0v) is 8.50. The molecule has 1 nitrogen and oxygen atoms in total. The highest BCUT2D eigenvalue weighted by Crippen LogP contribution is 2.50. The maximum absolute atomic E-state index is 5.83. The molecule has 3 rings (SSSR count). The minimum absolute atomic E-state index is 0.635. The van der Waals surface area contributed by atoms with Gasteiger partial charge in [0.2, 0.25) is 0 Å². The SMILES string of the molecule is ClCC1CC1c1coc2ccccc12. The minimum atomic E-state index is 0.635. The van der Waals surface area contributed by atoms with Gasteiger partial charge in [-0.15, -0.1) is 11.6 Å². The summed E-state index contributed by atoms with van der Waals surface area (Å²) in [5.74, 6) is 2.07. The number of fused-ring (bicyclic) bond motifs is 1. The molecule has 1 aliphatic carbocycles. The fourth-order valence-corrected chi connectivity index (χ4v) is 2.43. The van der Waals surface area contributed by atoms with Gasteiger partial charge in [0.15, 0.2) is 0 Å². The van der Waals surface area contributed by atoms with Gasteiger partial charge in [-0.25, -0.2) is 0 Å². The Morgan fingerprint density at radius 3 is 3.00 bits per heavy atom. The Labute approximate surface area is 87.7 Å². The molecule has 0 amide bonds. The van der Waals surface area contributed by atoms with Gasteiger partial charge in [0, 0.05) is 16.8 Å². The van der Waals surface area contributed by atoms with Gasteiger partial charge in [0.25, 0.3) is 0 Å². The molecule has 1 aromatic carbocycles. The molecule has 0 spiro atoms. The van der Waals surface area contributed by atoms with Crippen molar-refractivity contribution in [2.75, 3.05) is 5.88 Å². The molecule has 1 aliphatic rings. The second-order valence-electron chi connectivity index (χ2n) is 3.94. The number of hydrogen-bond donors (Lipinski definition) is 0. The van der Waals surface area contributed by atoms with Crippen LogP contribution in [0.3, 0.4) is 0 Å². The highest BCUT2D eigenvalue weighted by molar-refractivity contribution is 6.18. The molecule has 0 N–H and O–H groups in total. The van der Waals surface area contributed by atoms with Crippen molar-refractivity contribution < 1.29 is 4.42 Å². The van der Waals surface area contributed by atoms with E-state index in [2.05, 4.69) is 12.1 Å². The summed E-state index contributed by atoms with van der Waals surface area (Å²) in [7, 11) is 0. The quantitative estimate of drug-likeness (QED) is 0.682. The Balaban J connectivity index is 2.06. The summed E-state index contributed by atoms with van der Waals surface area (Å²) >= 11 is 5.83. The van der Waals surface area contributed by atoms with E-state index in [1.54, 1.807) is 0 Å². The van der Waals surface area contributed by atoms with E-state index in [-0.39, 0.29) is 0 Å². The monoisotopic (exact) mass is 206 g/mol. The van der Waals surface area contributed by atoms with Crippen LogP contribution in [-0.2, 0) is 0 Å². The zero-order valence-electron chi connectivity index (χ0n) is 7.74. The fourth-order valence-electron chi connectivity index (χ4n) is 2.08. The van der Waals surface area contributed by atoms with E-state index in [1.807, 2.05) is 18.4 Å². The van der Waals surface area contributed by atoms with Crippen molar-refractivity contribution >= 4 is 22.6 Å². The van der Waals surface area contributed by atoms with Crippen LogP contribution in [0, 0.1) is 5.92 Å². The first kappa shape index (κ1) is 8.37. The van der Waals surface area contributed by atoms with Gasteiger partial charge in [0.05, 0.1) is 6.26 Å². The van der Waals surface area contributed by atoms with E-state index in [0.29, 0.717) is 11.8 Å². The summed E-state index contributed by atoms with van der Waals surface area (Å²) in [6.45, 7) is 0. The van der Waals surface area contributed by atoms with E-state index in [0.717, 1.165) is 11.5 Å². The Hall–Kier alpha value is -0.950. The van der Waals surface area contributed by atoms with Crippen LogP contribution < -0.4 is 0 Å². The second-order valence-corrected chi connectivity index (χ2v) is 4.25. The highest BCUT2D eigenvalue weighted by atomic mass is 35.5. The molecular formula is C12H11ClO. The summed E-state index contributed by atoms with van der Waals surface area (Å²) in [4.78, 5) is 0. The van der Waals surface area contributed by atoms with Crippen LogP contribution in [0.1, 0.15) is 17.9 Å². The molecule has 72 valence electrons. The predicted octanol–water partition coefficient (Wildman–Crippen LogP) is 3.78. The van der Waals surface area contributed by atoms with E-state index in [9.17, 15) is 0 Å². The summed E-state index contributed by atoms with van der Waals surface area (Å²) in [5, 5.41) is 1.25. The molecule has 1 saturated carbocycles. The molecule has 0 bridgehead atoms. The zero-order chi connectivity index (χ0) is 9.54. The molecule has 2 aromatic rings. The Kier molecular flexibility index (Phi) is 1.81. The molecule has 2 heteroatoms. The van der Waals surface area contributed by atoms with Gasteiger partial charge in [-0.3, -0.25) is 0 Å². The van der Waals surface area contributed by atoms with E-state index in [1.165, 1.54) is 17.4 Å². The maximum atomic E-state index is 5.83. The minimum Gasteiger partial charge on any atom is -0.464 e. The van der Waals surface area contributed by atoms with Crippen LogP contribution in [0.5, 0.6) is 0 Å². The molecule has 0 radical (unpaired) electrons. The van der Waals surface area contributed by atoms with Crippen molar-refractivity contribution in [3.05, 3.63) is 36.1 Å². The topological polar surface area (TPSA) is 13.1 Å². The number of benzene rings is 1. The average molecular weight is 207 g/mol. The van der Waals surface area contributed by atoms with Crippen LogP contribution in [0.2, 0.25) is 0 Å². The van der Waals surface area contributed by atoms with Crippen LogP contribution in [0.4, 0.5) is 0 Å². The molecule has 1 fully saturated rings. The second kappa shape index (κ2) is 3.03. The lowest BCUT2D eigenvalue weighted by molar-refractivity contribution is 0.609. The van der Waals surface area contributed by atoms with Gasteiger partial charge < -0.3 is 4.42 Å². The van der Waals surface area contributed by atoms with Crippen molar-refractivity contribution in [1.29, 1.82) is 0 Å². The van der Waals surface area contributed by atoms with Gasteiger partial charge in [0.1, 0.15) is 5.58 Å². The van der Waals surface area contributed by atoms with Crippen molar-refractivity contribution in [2.45, 2.75) is 12.3 Å². The Morgan fingerprint density at radius 2 is 2.21 bits per heavy atom. The predicted molar refractivity (Wildman–Crippen MR) is 57.8 cm³/mol. The molecule has 2 unspecified atom stereocenters. The largest absolute Gasteiger partial charge is 0.464 e. The standard InChI is InChI=1S/C12H11ClO/c13-6-8-5-10(8)11-7-14-12-4-2-1-3-9(11)12/h1-4,7-8,10H,5-6H2. The average Bonchev–Trinajstić information content (AvgIpc) is 2.90. The Morgan fingerprint density at radius 1 is 1.36 bits per heavy atom. The molecular weight excluding hydrogens is 196 g/mol. The summed E-state index contributed by atoms with van der Waals surface area (Å²) < 4.78 is 5.50. The van der Waals surface area contributed by atoms with Crippen molar-refractivity contribution in [2.24, 2.45) is 5.92 Å². The molecule has 2 atom stereocenters. The molecule has 0 saturated heterocycles. The third-order valence-electron chi connectivity index (χ3n) is 3.03. The van der Waals surface area contributed by atoms with Crippen molar-refractivity contribution in [1.82, 2.24) is 0 Å². The first-order valence-electron chi connectivity index (χ1n) is 4.92. The van der Waals surface area contributed by atoms with Gasteiger partial charge in [-0.2, -0.15) is 0 Å². The molecule has 1 aromatic heterocycles. The summed E-state index contributed by atoms with van der Waals surface area (Å²) in [6, 6.07) is 8.19. The van der Waals surface area contributed by atoms with Gasteiger partial charge in [-0.05, 0) is 24.3 Å². The number of halogens is 1. The van der Waals surface area contributed by atoms with Crippen LogP contribution >= 0.6 is 11.6 Å². The molecule has 14 heavy (non-hydrogen) atoms. The highest BCUT2D eigenvalue weighted by Gasteiger charge is 2.39. The fraction of sp³-hybridized carbons (Fsp3) is 0.333. The van der Waals surface area contributed by atoms with E-state index < -0.39 is 0 Å². The number of alkyl halides is 1. The lowest BCUT2D eigenvalue weighted by atomic mass is 10.1. The third kappa shape index (κ3) is 1.16. The summed E-state index contributed by atoms with van der Waals surface area (Å²) in [5.41, 5.74) is 2.33. The Bertz CT molecular complexity index is 460. The van der Waals surface area contributed by atoms with Crippen molar-refractivity contribution in [3.63, 3.8) is 0 Å². The normalized spacial score (nSPS) is 25.5. The van der Waals surface area contributed by atoms with Gasteiger partial charge >= 0.3 is 0 Å².